The Hall–Kier alpha value is -1.35. The molecule has 1 atom stereocenters. The molecule has 19 heavy (non-hydrogen) atoms. The van der Waals surface area contributed by atoms with Gasteiger partial charge in [0.05, 0.1) is 0 Å². The number of hydrogen-bond acceptors (Lipinski definition) is 2. The molecule has 1 fully saturated rings. The fourth-order valence-corrected chi connectivity index (χ4v) is 2.90. The van der Waals surface area contributed by atoms with Crippen LogP contribution in [0.25, 0.3) is 0 Å². The third-order valence-corrected chi connectivity index (χ3v) is 3.90. The molecule has 0 amide bonds. The van der Waals surface area contributed by atoms with Gasteiger partial charge in [-0.05, 0) is 37.9 Å². The van der Waals surface area contributed by atoms with Crippen molar-refractivity contribution in [3.05, 3.63) is 35.9 Å². The first-order valence-corrected chi connectivity index (χ1v) is 7.28. The van der Waals surface area contributed by atoms with Crippen LogP contribution in [0.2, 0.25) is 0 Å². The number of hydrogen-bond donors (Lipinski definition) is 1. The monoisotopic (exact) mass is 261 g/mol. The smallest absolute Gasteiger partial charge is 0.303 e. The zero-order valence-corrected chi connectivity index (χ0v) is 11.4. The topological polar surface area (TPSA) is 40.5 Å². The van der Waals surface area contributed by atoms with Crippen LogP contribution in [0.4, 0.5) is 0 Å². The number of carboxylic acid groups (broad SMARTS) is 1. The van der Waals surface area contributed by atoms with E-state index in [0.717, 1.165) is 13.1 Å². The molecule has 0 aliphatic carbocycles. The van der Waals surface area contributed by atoms with Crippen molar-refractivity contribution >= 4 is 5.97 Å². The van der Waals surface area contributed by atoms with E-state index in [4.69, 9.17) is 5.11 Å². The van der Waals surface area contributed by atoms with Crippen LogP contribution in [0.15, 0.2) is 30.3 Å². The molecule has 1 aromatic carbocycles. The fourth-order valence-electron chi connectivity index (χ4n) is 2.90. The van der Waals surface area contributed by atoms with Crippen LogP contribution in [-0.4, -0.2) is 29.1 Å². The minimum atomic E-state index is -0.698. The first-order chi connectivity index (χ1) is 9.27. The van der Waals surface area contributed by atoms with Crippen LogP contribution < -0.4 is 0 Å². The molecule has 1 unspecified atom stereocenters. The van der Waals surface area contributed by atoms with Gasteiger partial charge in [-0.3, -0.25) is 9.69 Å². The quantitative estimate of drug-likeness (QED) is 0.882. The van der Waals surface area contributed by atoms with Crippen LogP contribution in [0.5, 0.6) is 0 Å². The van der Waals surface area contributed by atoms with E-state index in [-0.39, 0.29) is 12.5 Å². The van der Waals surface area contributed by atoms with Crippen molar-refractivity contribution in [3.63, 3.8) is 0 Å². The molecule has 1 N–H and O–H groups in total. The van der Waals surface area contributed by atoms with E-state index in [1.165, 1.54) is 31.2 Å². The van der Waals surface area contributed by atoms with Crippen molar-refractivity contribution in [1.29, 1.82) is 0 Å². The average Bonchev–Trinajstić information content (AvgIpc) is 2.69. The summed E-state index contributed by atoms with van der Waals surface area (Å²) >= 11 is 0. The predicted molar refractivity (Wildman–Crippen MR) is 76.1 cm³/mol. The molecule has 3 nitrogen and oxygen atoms in total. The second-order valence-corrected chi connectivity index (χ2v) is 5.31. The summed E-state index contributed by atoms with van der Waals surface area (Å²) in [5, 5.41) is 8.94. The molecule has 0 radical (unpaired) electrons. The van der Waals surface area contributed by atoms with Gasteiger partial charge in [-0.15, -0.1) is 0 Å². The summed E-state index contributed by atoms with van der Waals surface area (Å²) in [6, 6.07) is 10.6. The predicted octanol–water partition coefficient (Wildman–Crippen LogP) is 3.47. The van der Waals surface area contributed by atoms with Gasteiger partial charge in [-0.25, -0.2) is 0 Å². The Kier molecular flexibility index (Phi) is 5.40. The molecular weight excluding hydrogens is 238 g/mol. The standard InChI is InChI=1S/C16H23NO2/c18-16(19)11-10-15(14-8-4-3-5-9-14)17-12-6-1-2-7-13-17/h3-5,8-9,15H,1-2,6-7,10-13H2,(H,18,19). The van der Waals surface area contributed by atoms with Gasteiger partial charge in [0.2, 0.25) is 0 Å². The van der Waals surface area contributed by atoms with E-state index in [1.54, 1.807) is 0 Å². The van der Waals surface area contributed by atoms with Gasteiger partial charge < -0.3 is 5.11 Å². The lowest BCUT2D eigenvalue weighted by Gasteiger charge is -2.30. The number of likely N-dealkylation sites (tertiary alicyclic amines) is 1. The maximum Gasteiger partial charge on any atom is 0.303 e. The molecule has 1 heterocycles. The van der Waals surface area contributed by atoms with Crippen molar-refractivity contribution in [1.82, 2.24) is 4.90 Å². The zero-order chi connectivity index (χ0) is 13.5. The number of rotatable bonds is 5. The van der Waals surface area contributed by atoms with E-state index in [2.05, 4.69) is 17.0 Å². The molecule has 0 spiro atoms. The molecule has 1 aliphatic rings. The molecule has 0 saturated carbocycles. The summed E-state index contributed by atoms with van der Waals surface area (Å²) < 4.78 is 0. The Morgan fingerprint density at radius 2 is 1.74 bits per heavy atom. The SMILES string of the molecule is O=C(O)CCC(c1ccccc1)N1CCCCCC1. The number of nitrogens with zero attached hydrogens (tertiary/aromatic N) is 1. The largest absolute Gasteiger partial charge is 0.481 e. The molecule has 0 bridgehead atoms. The van der Waals surface area contributed by atoms with Gasteiger partial charge in [-0.1, -0.05) is 43.2 Å². The minimum Gasteiger partial charge on any atom is -0.481 e. The van der Waals surface area contributed by atoms with E-state index < -0.39 is 5.97 Å². The Balaban J connectivity index is 2.10. The first-order valence-electron chi connectivity index (χ1n) is 7.28. The van der Waals surface area contributed by atoms with Crippen LogP contribution in [0, 0.1) is 0 Å². The summed E-state index contributed by atoms with van der Waals surface area (Å²) in [7, 11) is 0. The summed E-state index contributed by atoms with van der Waals surface area (Å²) in [6.07, 6.45) is 6.02. The first kappa shape index (κ1) is 14.1. The normalized spacial score (nSPS) is 18.7. The van der Waals surface area contributed by atoms with Crippen LogP contribution >= 0.6 is 0 Å². The average molecular weight is 261 g/mol. The zero-order valence-electron chi connectivity index (χ0n) is 11.4. The van der Waals surface area contributed by atoms with Crippen molar-refractivity contribution in [2.24, 2.45) is 0 Å². The van der Waals surface area contributed by atoms with Crippen molar-refractivity contribution < 1.29 is 9.90 Å². The highest BCUT2D eigenvalue weighted by molar-refractivity contribution is 5.66. The van der Waals surface area contributed by atoms with E-state index in [1.807, 2.05) is 18.2 Å². The van der Waals surface area contributed by atoms with Crippen molar-refractivity contribution in [2.75, 3.05) is 13.1 Å². The van der Waals surface area contributed by atoms with Crippen molar-refractivity contribution in [2.45, 2.75) is 44.6 Å². The number of carboxylic acids is 1. The van der Waals surface area contributed by atoms with Gasteiger partial charge in [0.25, 0.3) is 0 Å². The molecule has 1 saturated heterocycles. The number of aliphatic carboxylic acids is 1. The van der Waals surface area contributed by atoms with Gasteiger partial charge in [-0.2, -0.15) is 0 Å². The Morgan fingerprint density at radius 3 is 2.32 bits per heavy atom. The van der Waals surface area contributed by atoms with Gasteiger partial charge in [0.15, 0.2) is 0 Å². The van der Waals surface area contributed by atoms with Gasteiger partial charge in [0, 0.05) is 12.5 Å². The maximum atomic E-state index is 10.9. The summed E-state index contributed by atoms with van der Waals surface area (Å²) in [6.45, 7) is 2.19. The second-order valence-electron chi connectivity index (χ2n) is 5.31. The van der Waals surface area contributed by atoms with E-state index >= 15 is 0 Å². The highest BCUT2D eigenvalue weighted by Gasteiger charge is 2.21. The molecule has 2 rings (SSSR count). The van der Waals surface area contributed by atoms with Crippen LogP contribution in [0.3, 0.4) is 0 Å². The maximum absolute atomic E-state index is 10.9. The molecule has 3 heteroatoms. The van der Waals surface area contributed by atoms with Gasteiger partial charge >= 0.3 is 5.97 Å². The lowest BCUT2D eigenvalue weighted by Crippen LogP contribution is -2.30. The Labute approximate surface area is 115 Å². The Bertz CT molecular complexity index is 383. The number of carbonyl (C=O) groups is 1. The molecular formula is C16H23NO2. The second kappa shape index (κ2) is 7.29. The fraction of sp³-hybridized carbons (Fsp3) is 0.562. The third-order valence-electron chi connectivity index (χ3n) is 3.90. The summed E-state index contributed by atoms with van der Waals surface area (Å²) in [5.74, 6) is -0.698. The van der Waals surface area contributed by atoms with Gasteiger partial charge in [0.1, 0.15) is 0 Å². The Morgan fingerprint density at radius 1 is 1.11 bits per heavy atom. The lowest BCUT2D eigenvalue weighted by atomic mass is 10.00. The summed E-state index contributed by atoms with van der Waals surface area (Å²) in [4.78, 5) is 13.3. The molecule has 1 aliphatic heterocycles. The lowest BCUT2D eigenvalue weighted by molar-refractivity contribution is -0.137. The van der Waals surface area contributed by atoms with E-state index in [9.17, 15) is 4.79 Å². The molecule has 1 aromatic rings. The van der Waals surface area contributed by atoms with E-state index in [0.29, 0.717) is 6.42 Å². The third kappa shape index (κ3) is 4.35. The minimum absolute atomic E-state index is 0.246. The molecule has 104 valence electrons. The number of benzene rings is 1. The highest BCUT2D eigenvalue weighted by atomic mass is 16.4. The van der Waals surface area contributed by atoms with Crippen molar-refractivity contribution in [3.8, 4) is 0 Å². The molecule has 0 aromatic heterocycles. The summed E-state index contributed by atoms with van der Waals surface area (Å²) in [5.41, 5.74) is 1.26. The van der Waals surface area contributed by atoms with Crippen LogP contribution in [-0.2, 0) is 4.79 Å². The van der Waals surface area contributed by atoms with Crippen LogP contribution in [0.1, 0.15) is 50.1 Å². The highest BCUT2D eigenvalue weighted by Crippen LogP contribution is 2.28.